The number of ether oxygens (including phenoxy) is 1. The second-order valence-electron chi connectivity index (χ2n) is 33.6. The van der Waals surface area contributed by atoms with Crippen molar-refractivity contribution >= 4 is 104 Å². The van der Waals surface area contributed by atoms with Crippen molar-refractivity contribution in [3.8, 4) is 5.75 Å². The number of halogens is 1. The summed E-state index contributed by atoms with van der Waals surface area (Å²) in [6.07, 6.45) is 6.97. The molecule has 0 aromatic heterocycles. The van der Waals surface area contributed by atoms with Gasteiger partial charge in [0.2, 0.25) is 35.4 Å². The minimum atomic E-state index is -4.36. The number of carboxylic acid groups (broad SMARTS) is 1. The molecule has 8 aliphatic rings. The number of β-amino-alcohol motifs (C(OH)–C–C–N with tert-alkyl or cyclic N) is 1. The summed E-state index contributed by atoms with van der Waals surface area (Å²) in [5.74, 6) is -2.68. The molecule has 8 amide bonds. The van der Waals surface area contributed by atoms with Gasteiger partial charge in [0, 0.05) is 69.5 Å². The van der Waals surface area contributed by atoms with Crippen LogP contribution in [0.5, 0.6) is 5.75 Å². The van der Waals surface area contributed by atoms with Crippen LogP contribution in [0.4, 0.5) is 4.39 Å². The third-order valence-electron chi connectivity index (χ3n) is 22.3. The molecule has 8 saturated heterocycles. The first-order valence-electron chi connectivity index (χ1n) is 44.5. The van der Waals surface area contributed by atoms with Crippen molar-refractivity contribution in [1.29, 1.82) is 0 Å². The van der Waals surface area contributed by atoms with Gasteiger partial charge in [0.15, 0.2) is 13.2 Å². The zero-order chi connectivity index (χ0) is 103. The Bertz CT molecular complexity index is 4370. The number of aliphatic hydroxyl groups is 1. The highest BCUT2D eigenvalue weighted by Crippen LogP contribution is 2.54. The van der Waals surface area contributed by atoms with Crippen LogP contribution in [0.2, 0.25) is 0 Å². The third-order valence-corrected chi connectivity index (χ3v) is 30.0. The molecule has 136 heavy (non-hydrogen) atoms. The van der Waals surface area contributed by atoms with Crippen molar-refractivity contribution in [3.63, 3.8) is 0 Å². The van der Waals surface area contributed by atoms with E-state index in [1.165, 1.54) is 63.2 Å². The van der Waals surface area contributed by atoms with E-state index in [0.717, 1.165) is 54.2 Å². The predicted molar refractivity (Wildman–Crippen MR) is 485 cm³/mol. The summed E-state index contributed by atoms with van der Waals surface area (Å²) in [6.45, 7) is 18.6. The molecule has 0 saturated carbocycles. The third kappa shape index (κ3) is 48.4. The van der Waals surface area contributed by atoms with Crippen LogP contribution in [0, 0.1) is 17.7 Å². The first-order valence-corrected chi connectivity index (χ1v) is 55.3. The van der Waals surface area contributed by atoms with Gasteiger partial charge >= 0.3 is 43.9 Å². The van der Waals surface area contributed by atoms with E-state index < -0.39 is 99.0 Å². The number of rotatable bonds is 43. The fourth-order valence-electron chi connectivity index (χ4n) is 13.5. The van der Waals surface area contributed by atoms with Gasteiger partial charge in [0.05, 0.1) is 153 Å². The molecule has 10 rings (SSSR count). The van der Waals surface area contributed by atoms with Crippen LogP contribution in [-0.2, 0) is 114 Å². The second kappa shape index (κ2) is 60.8. The number of aliphatic carboxylic acids is 1. The summed E-state index contributed by atoms with van der Waals surface area (Å²) in [5, 5.41) is 27.5. The molecule has 780 valence electrons. The van der Waals surface area contributed by atoms with Crippen LogP contribution in [0.3, 0.4) is 0 Å². The number of methoxy groups -OCH3 is 1. The monoisotopic (exact) mass is 2070 g/mol. The summed E-state index contributed by atoms with van der Waals surface area (Å²) in [4.78, 5) is 256. The van der Waals surface area contributed by atoms with Gasteiger partial charge in [-0.3, -0.25) is 119 Å². The molecule has 11 unspecified atom stereocenters. The van der Waals surface area contributed by atoms with E-state index >= 15 is 0 Å². The number of benzene rings is 2. The van der Waals surface area contributed by atoms with Crippen LogP contribution in [0.15, 0.2) is 48.5 Å². The molecule has 8 heterocycles. The molecule has 55 heteroatoms. The Morgan fingerprint density at radius 1 is 0.493 bits per heavy atom. The lowest BCUT2D eigenvalue weighted by Gasteiger charge is -2.34. The quantitative estimate of drug-likeness (QED) is 0.0357. The number of aliphatic hydroxyl groups excluding tert-OH is 1. The van der Waals surface area contributed by atoms with E-state index in [2.05, 4.69) is 25.8 Å². The summed E-state index contributed by atoms with van der Waals surface area (Å²) >= 11 is 0. The molecule has 0 radical (unpaired) electrons. The molecular weight excluding hydrogens is 1930 g/mol. The van der Waals surface area contributed by atoms with Gasteiger partial charge in [-0.2, -0.15) is 0 Å². The first-order chi connectivity index (χ1) is 63.3. The average Bonchev–Trinajstić information content (AvgIpc) is 1.43. The largest absolute Gasteiger partial charge is 0.497 e. The molecule has 8 fully saturated rings. The van der Waals surface area contributed by atoms with Gasteiger partial charge in [-0.05, 0) is 128 Å². The minimum Gasteiger partial charge on any atom is -0.497 e. The van der Waals surface area contributed by atoms with E-state index in [1.807, 2.05) is 38.1 Å². The minimum absolute atomic E-state index is 0.0146. The van der Waals surface area contributed by atoms with Crippen molar-refractivity contribution in [1.82, 2.24) is 50.3 Å². The van der Waals surface area contributed by atoms with Crippen LogP contribution < -0.4 is 4.74 Å². The van der Waals surface area contributed by atoms with Crippen LogP contribution in [0.1, 0.15) is 193 Å². The van der Waals surface area contributed by atoms with Gasteiger partial charge in [-0.15, -0.1) is 0 Å². The Morgan fingerprint density at radius 2 is 0.904 bits per heavy atom. The number of unbranched alkanes of at least 4 members (excludes halogenated alkanes) is 1. The first kappa shape index (κ1) is 124. The fourth-order valence-corrected chi connectivity index (χ4v) is 17.7. The van der Waals surface area contributed by atoms with Crippen molar-refractivity contribution in [2.75, 3.05) is 152 Å². The second-order valence-corrected chi connectivity index (χ2v) is 45.5. The van der Waals surface area contributed by atoms with E-state index in [1.54, 1.807) is 45.0 Å². The highest BCUT2D eigenvalue weighted by atomic mass is 31.2. The van der Waals surface area contributed by atoms with Gasteiger partial charge in [-0.1, -0.05) is 78.6 Å². The highest BCUT2D eigenvalue weighted by molar-refractivity contribution is 7.58. The molecule has 13 N–H and O–H groups in total. The zero-order valence-electron chi connectivity index (χ0n) is 79.1. The summed E-state index contributed by atoms with van der Waals surface area (Å²) in [5.41, 5.74) is -1.10. The maximum atomic E-state index is 13.2. The van der Waals surface area contributed by atoms with Crippen LogP contribution >= 0.6 is 45.3 Å². The fraction of sp³-hybridized carbons (Fsp3) is 0.728. The number of carboxylic acids is 1. The average molecular weight is 2070 g/mol. The van der Waals surface area contributed by atoms with Crippen molar-refractivity contribution in [3.05, 3.63) is 65.5 Å². The molecule has 48 nitrogen and oxygen atoms in total. The Morgan fingerprint density at radius 3 is 1.26 bits per heavy atom. The van der Waals surface area contributed by atoms with E-state index in [4.69, 9.17) is 77.9 Å². The van der Waals surface area contributed by atoms with Crippen LogP contribution in [-0.4, -0.2) is 361 Å². The number of hydroxylamine groups is 16. The predicted octanol–water partition coefficient (Wildman–Crippen LogP) is 5.64. The SMILES string of the molecule is CC(CCN1OCCC1=O)P(=O)(O)O.CC(CCN1OCCCC1=O)P(C)(=O)O.CC1CON(CC(=O)CP(=O)(O)O)C1=O.CC1CON(CC(O)CP(=O)(O)O)C1=O.CCC(C)N(C)C(CCN1OCCC1=O)c1ccc(F)cc1.CCCCC(CCN1OCCC1=O)P(=O)(O)O.CN(C)C(CCC(=O)O)CCN1OCCC1=O.COc1ccc(C(CCN2OCCC2=O)P(=O)(O)O)cc1. The topological polar surface area (TPSA) is 652 Å². The standard InChI is InChI=1S/C17H25FN2O2.C13H18NO6P.C11H20N2O4.C10H20NO5P.C9H18NO4P.C7H14NO6P.C7H12NO6P.C7H14NO5P/c1-4-13(2)19(3)16(14-5-7-15(18)8-6-14)9-11-20-17(21)10-12-22-20;1-19-11-4-2-10(3-5-11)12(21(16,17)18)6-8-14-13(15)7-9-20-14;1-12(2)9(3-4-11(15)16)5-7-13-10(14)6-8-17-13;1-2-3-4-9(17(13,14)15)5-7-11-10(12)6-8-16-11;1-8(15(2,12)13)5-6-10-9(11)4-3-7-14-10;2*1-5-3-14-8(7(5)10)2-6(9)4-15(11,12)13;1-6(14(10,11)12)2-4-8-7(9)3-5-13-8/h5-8,13,16H,4,9-12H2,1-3H3;2-5,12H,6-9H2,1H3,(H2,16,17,18);9H,3-8H2,1-2H3,(H,15,16);9H,2-8H2,1H3,(H2,13,14,15);8H,3-7H2,1-2H3,(H,12,13);5-6,9H,2-4H2,1H3,(H2,11,12,13);5H,2-4H2,1H3,(H2,11,12,13);6H,2-5H2,1H3,(H2,10,11,12). The lowest BCUT2D eigenvalue weighted by Crippen LogP contribution is -2.37. The normalized spacial score (nSPS) is 20.0. The van der Waals surface area contributed by atoms with Gasteiger partial charge in [0.1, 0.15) is 24.3 Å². The molecule has 2 aromatic rings. The van der Waals surface area contributed by atoms with E-state index in [0.29, 0.717) is 134 Å². The number of amides is 8. The van der Waals surface area contributed by atoms with Gasteiger partial charge in [0.25, 0.3) is 11.8 Å². The Kier molecular flexibility index (Phi) is 55.3. The summed E-state index contributed by atoms with van der Waals surface area (Å²) in [6, 6.07) is 13.9. The number of carbonyl (C=O) groups is 10. The summed E-state index contributed by atoms with van der Waals surface area (Å²) in [7, 11) is -16.7. The lowest BCUT2D eigenvalue weighted by molar-refractivity contribution is -0.198. The number of ketones is 1. The number of hydrogen-bond acceptors (Lipinski definition) is 28. The molecule has 8 aliphatic heterocycles. The Balaban J connectivity index is 0.000000402. The number of Topliss-reactive ketones (excluding diaryl/α,β-unsaturated/α-hetero) is 1. The lowest BCUT2D eigenvalue weighted by atomic mass is 10.00. The van der Waals surface area contributed by atoms with Gasteiger partial charge < -0.3 is 73.7 Å². The van der Waals surface area contributed by atoms with Gasteiger partial charge in [-0.25, -0.2) is 44.9 Å². The molecular formula is C81H141FN10O38P6. The Labute approximate surface area is 791 Å². The summed E-state index contributed by atoms with van der Waals surface area (Å²) < 4.78 is 84.3. The van der Waals surface area contributed by atoms with Crippen molar-refractivity contribution < 1.29 is 187 Å². The van der Waals surface area contributed by atoms with E-state index in [-0.39, 0.29) is 148 Å². The molecule has 2 aromatic carbocycles. The Hall–Kier alpha value is -6.43. The molecule has 0 spiro atoms. The van der Waals surface area contributed by atoms with Crippen LogP contribution in [0.25, 0.3) is 0 Å². The van der Waals surface area contributed by atoms with Crippen molar-refractivity contribution in [2.24, 2.45) is 11.8 Å². The smallest absolute Gasteiger partial charge is 0.333 e. The molecule has 0 aliphatic carbocycles. The molecule has 11 atom stereocenters. The number of carbonyl (C=O) groups excluding carboxylic acids is 9. The number of nitrogens with zero attached hydrogens (tertiary/aromatic N) is 10. The maximum Gasteiger partial charge on any atom is 0.333 e. The molecule has 0 bridgehead atoms. The zero-order valence-corrected chi connectivity index (χ0v) is 84.5. The number of hydrogen-bond donors (Lipinski definition) is 13. The maximum absolute atomic E-state index is 13.2. The van der Waals surface area contributed by atoms with Crippen molar-refractivity contribution in [2.45, 2.75) is 217 Å². The highest BCUT2D eigenvalue weighted by Gasteiger charge is 2.39. The van der Waals surface area contributed by atoms with E-state index in [9.17, 15) is 109 Å².